The van der Waals surface area contributed by atoms with Crippen LogP contribution in [-0.2, 0) is 4.79 Å². The van der Waals surface area contributed by atoms with Crippen LogP contribution in [0, 0.1) is 17.6 Å². The summed E-state index contributed by atoms with van der Waals surface area (Å²) in [5.74, 6) is -1.28. The lowest BCUT2D eigenvalue weighted by atomic mass is 9.86. The second-order valence-corrected chi connectivity index (χ2v) is 7.13. The van der Waals surface area contributed by atoms with E-state index in [0.29, 0.717) is 10.8 Å². The minimum Gasteiger partial charge on any atom is -0.352 e. The monoisotopic (exact) mass is 313 g/mol. The average molecular weight is 313 g/mol. The number of carbonyl (C=O) groups is 1. The van der Waals surface area contributed by atoms with E-state index in [4.69, 9.17) is 0 Å². The largest absolute Gasteiger partial charge is 0.352 e. The molecule has 0 bridgehead atoms. The Balaban J connectivity index is 1.91. The minimum absolute atomic E-state index is 0.0384. The fourth-order valence-corrected chi connectivity index (χ4v) is 3.54. The van der Waals surface area contributed by atoms with Gasteiger partial charge in [-0.3, -0.25) is 4.79 Å². The molecule has 1 fully saturated rings. The molecule has 0 heterocycles. The molecule has 21 heavy (non-hydrogen) atoms. The lowest BCUT2D eigenvalue weighted by Crippen LogP contribution is -2.44. The molecule has 0 unspecified atom stereocenters. The molecule has 0 spiro atoms. The van der Waals surface area contributed by atoms with E-state index >= 15 is 0 Å². The van der Waals surface area contributed by atoms with Crippen LogP contribution in [0.5, 0.6) is 0 Å². The molecule has 2 rings (SSSR count). The third-order valence-corrected chi connectivity index (χ3v) is 5.11. The van der Waals surface area contributed by atoms with Gasteiger partial charge in [0.15, 0.2) is 11.6 Å². The second kappa shape index (κ2) is 7.25. The van der Waals surface area contributed by atoms with Gasteiger partial charge in [-0.1, -0.05) is 19.8 Å². The Bertz CT molecular complexity index is 509. The Kier molecular flexibility index (Phi) is 5.62. The Morgan fingerprint density at radius 3 is 2.67 bits per heavy atom. The molecule has 5 heteroatoms. The van der Waals surface area contributed by atoms with Crippen LogP contribution in [0.25, 0.3) is 0 Å². The summed E-state index contributed by atoms with van der Waals surface area (Å²) < 4.78 is 26.0. The first-order valence-electron chi connectivity index (χ1n) is 7.39. The van der Waals surface area contributed by atoms with E-state index in [1.807, 2.05) is 0 Å². The minimum atomic E-state index is -0.881. The van der Waals surface area contributed by atoms with Crippen LogP contribution in [0.1, 0.15) is 39.5 Å². The summed E-state index contributed by atoms with van der Waals surface area (Å²) in [5.41, 5.74) is 0. The van der Waals surface area contributed by atoms with Crippen LogP contribution in [0.2, 0.25) is 0 Å². The van der Waals surface area contributed by atoms with Crippen LogP contribution < -0.4 is 5.32 Å². The maximum absolute atomic E-state index is 13.2. The molecule has 1 aliphatic rings. The van der Waals surface area contributed by atoms with Crippen molar-refractivity contribution in [3.05, 3.63) is 29.8 Å². The lowest BCUT2D eigenvalue weighted by molar-refractivity contribution is -0.121. The molecular formula is C16H21F2NOS. The van der Waals surface area contributed by atoms with E-state index in [9.17, 15) is 13.6 Å². The maximum atomic E-state index is 13.2. The molecule has 1 N–H and O–H groups in total. The first-order chi connectivity index (χ1) is 9.97. The van der Waals surface area contributed by atoms with E-state index in [1.165, 1.54) is 24.2 Å². The lowest BCUT2D eigenvalue weighted by Gasteiger charge is -2.30. The molecule has 1 amide bonds. The van der Waals surface area contributed by atoms with Crippen molar-refractivity contribution in [2.24, 2.45) is 5.92 Å². The van der Waals surface area contributed by atoms with Crippen molar-refractivity contribution >= 4 is 17.7 Å². The Morgan fingerprint density at radius 1 is 1.29 bits per heavy atom. The normalized spacial score (nSPS) is 23.6. The summed E-state index contributed by atoms with van der Waals surface area (Å²) in [7, 11) is 0. The highest BCUT2D eigenvalue weighted by Crippen LogP contribution is 2.27. The standard InChI is InChI=1S/C16H21F2NOS/c1-10-5-3-4-6-15(10)19-16(20)11(2)21-12-7-8-13(17)14(18)9-12/h7-11,15H,3-6H2,1-2H3,(H,19,20)/t10-,11-,15-/m1/s1. The summed E-state index contributed by atoms with van der Waals surface area (Å²) in [4.78, 5) is 12.8. The van der Waals surface area contributed by atoms with Gasteiger partial charge in [-0.05, 0) is 43.9 Å². The number of carbonyl (C=O) groups excluding carboxylic acids is 1. The van der Waals surface area contributed by atoms with Gasteiger partial charge < -0.3 is 5.32 Å². The molecule has 3 atom stereocenters. The molecule has 0 saturated heterocycles. The van der Waals surface area contributed by atoms with Gasteiger partial charge in [-0.2, -0.15) is 0 Å². The summed E-state index contributed by atoms with van der Waals surface area (Å²) in [6.45, 7) is 3.95. The summed E-state index contributed by atoms with van der Waals surface area (Å²) in [6, 6.07) is 3.95. The van der Waals surface area contributed by atoms with Crippen LogP contribution >= 0.6 is 11.8 Å². The molecule has 0 aromatic heterocycles. The molecule has 0 aliphatic heterocycles. The average Bonchev–Trinajstić information content (AvgIpc) is 2.45. The van der Waals surface area contributed by atoms with Crippen LogP contribution in [-0.4, -0.2) is 17.2 Å². The van der Waals surface area contributed by atoms with Crippen molar-refractivity contribution in [3.8, 4) is 0 Å². The number of hydrogen-bond acceptors (Lipinski definition) is 2. The van der Waals surface area contributed by atoms with E-state index in [-0.39, 0.29) is 17.2 Å². The smallest absolute Gasteiger partial charge is 0.233 e. The van der Waals surface area contributed by atoms with Crippen LogP contribution in [0.3, 0.4) is 0 Å². The summed E-state index contributed by atoms with van der Waals surface area (Å²) >= 11 is 1.25. The first-order valence-corrected chi connectivity index (χ1v) is 8.27. The highest BCUT2D eigenvalue weighted by atomic mass is 32.2. The molecule has 116 valence electrons. The van der Waals surface area contributed by atoms with Gasteiger partial charge in [0.2, 0.25) is 5.91 Å². The Morgan fingerprint density at radius 2 is 2.00 bits per heavy atom. The molecule has 2 nitrogen and oxygen atoms in total. The Hall–Kier alpha value is -1.10. The molecule has 1 aromatic carbocycles. The van der Waals surface area contributed by atoms with Gasteiger partial charge in [0.25, 0.3) is 0 Å². The predicted molar refractivity (Wildman–Crippen MR) is 81.2 cm³/mol. The van der Waals surface area contributed by atoms with Crippen molar-refractivity contribution in [1.82, 2.24) is 5.32 Å². The number of benzene rings is 1. The second-order valence-electron chi connectivity index (χ2n) is 5.71. The third kappa shape index (κ3) is 4.43. The maximum Gasteiger partial charge on any atom is 0.233 e. The zero-order valence-corrected chi connectivity index (χ0v) is 13.2. The van der Waals surface area contributed by atoms with E-state index in [0.717, 1.165) is 31.4 Å². The zero-order valence-electron chi connectivity index (χ0n) is 12.4. The van der Waals surface area contributed by atoms with Crippen molar-refractivity contribution in [2.45, 2.75) is 55.7 Å². The van der Waals surface area contributed by atoms with Gasteiger partial charge in [-0.15, -0.1) is 11.8 Å². The predicted octanol–water partition coefficient (Wildman–Crippen LogP) is 4.14. The zero-order chi connectivity index (χ0) is 15.4. The van der Waals surface area contributed by atoms with Gasteiger partial charge in [-0.25, -0.2) is 8.78 Å². The number of nitrogens with one attached hydrogen (secondary N) is 1. The van der Waals surface area contributed by atoms with Crippen molar-refractivity contribution < 1.29 is 13.6 Å². The molecule has 1 aromatic rings. The summed E-state index contributed by atoms with van der Waals surface area (Å²) in [5, 5.41) is 2.76. The van der Waals surface area contributed by atoms with Gasteiger partial charge in [0.05, 0.1) is 5.25 Å². The third-order valence-electron chi connectivity index (χ3n) is 4.01. The highest BCUT2D eigenvalue weighted by molar-refractivity contribution is 8.00. The fourth-order valence-electron chi connectivity index (χ4n) is 2.64. The first kappa shape index (κ1) is 16.3. The molecule has 1 saturated carbocycles. The molecular weight excluding hydrogens is 292 g/mol. The van der Waals surface area contributed by atoms with Gasteiger partial charge in [0.1, 0.15) is 0 Å². The summed E-state index contributed by atoms with van der Waals surface area (Å²) in [6.07, 6.45) is 4.55. The Labute approximate surface area is 128 Å². The number of rotatable bonds is 4. The topological polar surface area (TPSA) is 29.1 Å². The fraction of sp³-hybridized carbons (Fsp3) is 0.562. The molecule has 0 radical (unpaired) electrons. The van der Waals surface area contributed by atoms with E-state index in [1.54, 1.807) is 6.92 Å². The number of halogens is 2. The van der Waals surface area contributed by atoms with Gasteiger partial charge >= 0.3 is 0 Å². The van der Waals surface area contributed by atoms with E-state index in [2.05, 4.69) is 12.2 Å². The van der Waals surface area contributed by atoms with Crippen molar-refractivity contribution in [3.63, 3.8) is 0 Å². The van der Waals surface area contributed by atoms with Gasteiger partial charge in [0, 0.05) is 10.9 Å². The highest BCUT2D eigenvalue weighted by Gasteiger charge is 2.25. The van der Waals surface area contributed by atoms with Crippen LogP contribution in [0.4, 0.5) is 8.78 Å². The van der Waals surface area contributed by atoms with Crippen molar-refractivity contribution in [1.29, 1.82) is 0 Å². The quantitative estimate of drug-likeness (QED) is 0.846. The van der Waals surface area contributed by atoms with E-state index < -0.39 is 11.6 Å². The number of thioether (sulfide) groups is 1. The SMILES string of the molecule is C[C@@H]1CCCC[C@H]1NC(=O)[C@@H](C)Sc1ccc(F)c(F)c1. The number of amides is 1. The molecule has 1 aliphatic carbocycles. The van der Waals surface area contributed by atoms with Crippen molar-refractivity contribution in [2.75, 3.05) is 0 Å². The van der Waals surface area contributed by atoms with Crippen LogP contribution in [0.15, 0.2) is 23.1 Å². The number of hydrogen-bond donors (Lipinski definition) is 1.